The number of methoxy groups -OCH3 is 1. The molecule has 1 aliphatic carbocycles. The second kappa shape index (κ2) is 2.81. The number of hydrogen-bond acceptors (Lipinski definition) is 1. The van der Waals surface area contributed by atoms with E-state index < -0.39 is 0 Å². The van der Waals surface area contributed by atoms with Crippen LogP contribution in [0.4, 0.5) is 0 Å². The zero-order valence-corrected chi connectivity index (χ0v) is 7.34. The Morgan fingerprint density at radius 1 is 1.42 bits per heavy atom. The molecule has 12 heavy (non-hydrogen) atoms. The molecule has 0 bridgehead atoms. The topological polar surface area (TPSA) is 9.23 Å². The first-order valence-corrected chi connectivity index (χ1v) is 4.31. The van der Waals surface area contributed by atoms with E-state index >= 15 is 0 Å². The van der Waals surface area contributed by atoms with Crippen molar-refractivity contribution in [2.24, 2.45) is 0 Å². The molecule has 1 aromatic carbocycles. The molecular weight excluding hydrogens is 148 g/mol. The minimum atomic E-state index is 0.738. The molecule has 1 nitrogen and oxygen atoms in total. The van der Waals surface area contributed by atoms with Crippen LogP contribution < -0.4 is 4.74 Å². The fraction of sp³-hybridized carbons (Fsp3) is 0.364. The van der Waals surface area contributed by atoms with Crippen LogP contribution in [0.25, 0.3) is 0 Å². The van der Waals surface area contributed by atoms with Crippen LogP contribution in [0.3, 0.4) is 0 Å². The molecule has 0 unspecified atom stereocenters. The number of ether oxygens (including phenoxy) is 1. The van der Waals surface area contributed by atoms with Crippen molar-refractivity contribution in [3.8, 4) is 5.75 Å². The van der Waals surface area contributed by atoms with E-state index in [0.717, 1.165) is 17.2 Å². The standard InChI is InChI=1S/C11H13O/c1-8-3-6-11(12-2)10(7-8)9-4-5-9/h3,6-7,9H,1,4-5H2,2H3. The van der Waals surface area contributed by atoms with Crippen LogP contribution in [0.15, 0.2) is 18.2 Å². The molecule has 0 heterocycles. The Bertz CT molecular complexity index is 287. The van der Waals surface area contributed by atoms with Gasteiger partial charge >= 0.3 is 0 Å². The predicted molar refractivity (Wildman–Crippen MR) is 49.4 cm³/mol. The summed E-state index contributed by atoms with van der Waals surface area (Å²) in [7, 11) is 1.73. The zero-order chi connectivity index (χ0) is 8.55. The van der Waals surface area contributed by atoms with Crippen molar-refractivity contribution in [3.63, 3.8) is 0 Å². The third-order valence-corrected chi connectivity index (χ3v) is 2.31. The molecule has 0 saturated heterocycles. The summed E-state index contributed by atoms with van der Waals surface area (Å²) in [5.74, 6) is 1.76. The number of rotatable bonds is 2. The first-order valence-electron chi connectivity index (χ1n) is 4.31. The van der Waals surface area contributed by atoms with Gasteiger partial charge in [0.1, 0.15) is 5.75 Å². The van der Waals surface area contributed by atoms with Gasteiger partial charge in [0, 0.05) is 0 Å². The van der Waals surface area contributed by atoms with Gasteiger partial charge in [-0.1, -0.05) is 12.1 Å². The molecule has 0 aromatic heterocycles. The predicted octanol–water partition coefficient (Wildman–Crippen LogP) is 2.75. The molecule has 0 spiro atoms. The molecule has 1 heteroatoms. The van der Waals surface area contributed by atoms with Gasteiger partial charge in [-0.3, -0.25) is 0 Å². The Balaban J connectivity index is 2.39. The Morgan fingerprint density at radius 3 is 2.75 bits per heavy atom. The van der Waals surface area contributed by atoms with Crippen LogP contribution in [0, 0.1) is 6.92 Å². The SMILES string of the molecule is [CH2]c1ccc(OC)c(C2CC2)c1. The second-order valence-electron chi connectivity index (χ2n) is 3.35. The normalized spacial score (nSPS) is 16.2. The van der Waals surface area contributed by atoms with Crippen LogP contribution in [0.1, 0.15) is 29.9 Å². The molecule has 1 radical (unpaired) electrons. The van der Waals surface area contributed by atoms with Crippen molar-refractivity contribution in [1.29, 1.82) is 0 Å². The Morgan fingerprint density at radius 2 is 2.17 bits per heavy atom. The lowest BCUT2D eigenvalue weighted by Gasteiger charge is -2.07. The lowest BCUT2D eigenvalue weighted by Crippen LogP contribution is -1.90. The fourth-order valence-electron chi connectivity index (χ4n) is 1.50. The van der Waals surface area contributed by atoms with E-state index in [1.807, 2.05) is 12.1 Å². The van der Waals surface area contributed by atoms with Crippen LogP contribution in [-0.4, -0.2) is 7.11 Å². The van der Waals surface area contributed by atoms with Gasteiger partial charge in [0.05, 0.1) is 7.11 Å². The lowest BCUT2D eigenvalue weighted by molar-refractivity contribution is 0.409. The van der Waals surface area contributed by atoms with Gasteiger partial charge in [-0.05, 0) is 42.9 Å². The number of hydrogen-bond donors (Lipinski definition) is 0. The maximum atomic E-state index is 5.27. The molecule has 1 aliphatic rings. The minimum absolute atomic E-state index is 0.738. The van der Waals surface area contributed by atoms with Crippen molar-refractivity contribution >= 4 is 0 Å². The van der Waals surface area contributed by atoms with Crippen molar-refractivity contribution in [2.75, 3.05) is 7.11 Å². The summed E-state index contributed by atoms with van der Waals surface area (Å²) in [4.78, 5) is 0. The quantitative estimate of drug-likeness (QED) is 0.648. The van der Waals surface area contributed by atoms with Gasteiger partial charge in [0.15, 0.2) is 0 Å². The van der Waals surface area contributed by atoms with Crippen molar-refractivity contribution in [3.05, 3.63) is 36.2 Å². The maximum Gasteiger partial charge on any atom is 0.122 e. The fourth-order valence-corrected chi connectivity index (χ4v) is 1.50. The molecule has 1 fully saturated rings. The van der Waals surface area contributed by atoms with Crippen molar-refractivity contribution < 1.29 is 4.74 Å². The molecular formula is C11H13O. The third kappa shape index (κ3) is 1.31. The third-order valence-electron chi connectivity index (χ3n) is 2.31. The van der Waals surface area contributed by atoms with Gasteiger partial charge < -0.3 is 4.74 Å². The van der Waals surface area contributed by atoms with E-state index in [2.05, 4.69) is 13.0 Å². The number of benzene rings is 1. The monoisotopic (exact) mass is 161 g/mol. The highest BCUT2D eigenvalue weighted by Gasteiger charge is 2.26. The van der Waals surface area contributed by atoms with E-state index in [1.54, 1.807) is 7.11 Å². The average molecular weight is 161 g/mol. The van der Waals surface area contributed by atoms with E-state index in [0.29, 0.717) is 0 Å². The summed E-state index contributed by atoms with van der Waals surface area (Å²) in [5, 5.41) is 0. The average Bonchev–Trinajstić information content (AvgIpc) is 2.87. The van der Waals surface area contributed by atoms with Crippen molar-refractivity contribution in [1.82, 2.24) is 0 Å². The summed E-state index contributed by atoms with van der Waals surface area (Å²) >= 11 is 0. The van der Waals surface area contributed by atoms with Crippen LogP contribution in [0.5, 0.6) is 5.75 Å². The highest BCUT2D eigenvalue weighted by molar-refractivity contribution is 5.42. The van der Waals surface area contributed by atoms with Gasteiger partial charge in [-0.15, -0.1) is 0 Å². The summed E-state index contributed by atoms with van der Waals surface area (Å²) < 4.78 is 5.27. The zero-order valence-electron chi connectivity index (χ0n) is 7.34. The van der Waals surface area contributed by atoms with E-state index in [-0.39, 0.29) is 0 Å². The molecule has 0 amide bonds. The van der Waals surface area contributed by atoms with Crippen LogP contribution in [-0.2, 0) is 0 Å². The summed E-state index contributed by atoms with van der Waals surface area (Å²) in [6.45, 7) is 3.91. The molecule has 0 N–H and O–H groups in total. The largest absolute Gasteiger partial charge is 0.496 e. The highest BCUT2D eigenvalue weighted by atomic mass is 16.5. The van der Waals surface area contributed by atoms with Crippen LogP contribution in [0.2, 0.25) is 0 Å². The summed E-state index contributed by atoms with van der Waals surface area (Å²) in [6, 6.07) is 6.14. The molecule has 1 aromatic rings. The van der Waals surface area contributed by atoms with Crippen molar-refractivity contribution in [2.45, 2.75) is 18.8 Å². The molecule has 0 aliphatic heterocycles. The Kier molecular flexibility index (Phi) is 1.80. The summed E-state index contributed by atoms with van der Waals surface area (Å²) in [5.41, 5.74) is 2.42. The van der Waals surface area contributed by atoms with Gasteiger partial charge in [-0.2, -0.15) is 0 Å². The van der Waals surface area contributed by atoms with E-state index in [4.69, 9.17) is 4.74 Å². The molecule has 0 atom stereocenters. The molecule has 1 saturated carbocycles. The van der Waals surface area contributed by atoms with Gasteiger partial charge in [-0.25, -0.2) is 0 Å². The second-order valence-corrected chi connectivity index (χ2v) is 3.35. The Labute approximate surface area is 73.4 Å². The van der Waals surface area contributed by atoms with E-state index in [1.165, 1.54) is 18.4 Å². The maximum absolute atomic E-state index is 5.27. The smallest absolute Gasteiger partial charge is 0.122 e. The lowest BCUT2D eigenvalue weighted by atomic mass is 10.1. The first kappa shape index (κ1) is 7.66. The van der Waals surface area contributed by atoms with E-state index in [9.17, 15) is 0 Å². The Hall–Kier alpha value is -0.980. The minimum Gasteiger partial charge on any atom is -0.496 e. The van der Waals surface area contributed by atoms with Crippen LogP contribution >= 0.6 is 0 Å². The van der Waals surface area contributed by atoms with Gasteiger partial charge in [0.25, 0.3) is 0 Å². The molecule has 63 valence electrons. The first-order chi connectivity index (χ1) is 5.81. The van der Waals surface area contributed by atoms with Gasteiger partial charge in [0.2, 0.25) is 0 Å². The highest BCUT2D eigenvalue weighted by Crippen LogP contribution is 2.44. The molecule has 2 rings (SSSR count). The summed E-state index contributed by atoms with van der Waals surface area (Å²) in [6.07, 6.45) is 2.61.